The molecule has 1 aliphatic heterocycles. The Labute approximate surface area is 78.9 Å². The zero-order chi connectivity index (χ0) is 9.84. The predicted molar refractivity (Wildman–Crippen MR) is 50.3 cm³/mol. The van der Waals surface area contributed by atoms with Crippen molar-refractivity contribution in [3.05, 3.63) is 0 Å². The Morgan fingerprint density at radius 3 is 3.00 bits per heavy atom. The normalized spacial score (nSPS) is 24.8. The molecular formula is C9H18N2O2. The third-order valence-electron chi connectivity index (χ3n) is 2.50. The monoisotopic (exact) mass is 186 g/mol. The van der Waals surface area contributed by atoms with Crippen molar-refractivity contribution in [3.8, 4) is 0 Å². The van der Waals surface area contributed by atoms with Gasteiger partial charge >= 0.3 is 0 Å². The maximum absolute atomic E-state index is 11.5. The van der Waals surface area contributed by atoms with Crippen LogP contribution in [0.1, 0.15) is 19.8 Å². The summed E-state index contributed by atoms with van der Waals surface area (Å²) in [5.74, 6) is 0.0888. The zero-order valence-corrected chi connectivity index (χ0v) is 8.29. The van der Waals surface area contributed by atoms with Crippen LogP contribution < -0.4 is 5.32 Å². The molecule has 1 aliphatic rings. The molecule has 1 rings (SSSR count). The molecule has 0 unspecified atom stereocenters. The topological polar surface area (TPSA) is 52.6 Å². The summed E-state index contributed by atoms with van der Waals surface area (Å²) in [4.78, 5) is 13.3. The van der Waals surface area contributed by atoms with E-state index in [-0.39, 0.29) is 11.9 Å². The van der Waals surface area contributed by atoms with Crippen LogP contribution in [0.5, 0.6) is 0 Å². The lowest BCUT2D eigenvalue weighted by atomic mass is 10.1. The maximum atomic E-state index is 11.5. The lowest BCUT2D eigenvalue weighted by Gasteiger charge is -2.26. The SMILES string of the molecule is CNCC(=O)N1CCC[C@@H]1[C@H](C)O. The van der Waals surface area contributed by atoms with Crippen molar-refractivity contribution in [3.63, 3.8) is 0 Å². The summed E-state index contributed by atoms with van der Waals surface area (Å²) in [5, 5.41) is 12.3. The Bertz CT molecular complexity index is 182. The van der Waals surface area contributed by atoms with Crippen LogP contribution in [0.25, 0.3) is 0 Å². The number of aliphatic hydroxyl groups excluding tert-OH is 1. The van der Waals surface area contributed by atoms with Gasteiger partial charge in [-0.3, -0.25) is 4.79 Å². The molecule has 2 atom stereocenters. The zero-order valence-electron chi connectivity index (χ0n) is 8.29. The number of nitrogens with one attached hydrogen (secondary N) is 1. The van der Waals surface area contributed by atoms with E-state index in [0.29, 0.717) is 6.54 Å². The van der Waals surface area contributed by atoms with Crippen molar-refractivity contribution in [2.45, 2.75) is 31.9 Å². The Hall–Kier alpha value is -0.610. The second-order valence-corrected chi connectivity index (χ2v) is 3.57. The summed E-state index contributed by atoms with van der Waals surface area (Å²) < 4.78 is 0. The first kappa shape index (κ1) is 10.5. The van der Waals surface area contributed by atoms with Crippen LogP contribution in [0.3, 0.4) is 0 Å². The summed E-state index contributed by atoms with van der Waals surface area (Å²) in [5.41, 5.74) is 0. The summed E-state index contributed by atoms with van der Waals surface area (Å²) in [6.07, 6.45) is 1.52. The Morgan fingerprint density at radius 1 is 1.77 bits per heavy atom. The number of likely N-dealkylation sites (N-methyl/N-ethyl adjacent to an activating group) is 1. The van der Waals surface area contributed by atoms with Gasteiger partial charge in [0.2, 0.25) is 5.91 Å². The average Bonchev–Trinajstić information content (AvgIpc) is 2.52. The number of rotatable bonds is 3. The van der Waals surface area contributed by atoms with Gasteiger partial charge in [0.15, 0.2) is 0 Å². The summed E-state index contributed by atoms with van der Waals surface area (Å²) in [6, 6.07) is 0.0286. The largest absolute Gasteiger partial charge is 0.391 e. The fourth-order valence-corrected chi connectivity index (χ4v) is 1.86. The van der Waals surface area contributed by atoms with Gasteiger partial charge in [0, 0.05) is 6.54 Å². The molecule has 0 aliphatic carbocycles. The molecule has 13 heavy (non-hydrogen) atoms. The van der Waals surface area contributed by atoms with Gasteiger partial charge in [0.25, 0.3) is 0 Å². The fraction of sp³-hybridized carbons (Fsp3) is 0.889. The molecule has 0 bridgehead atoms. The van der Waals surface area contributed by atoms with Gasteiger partial charge < -0.3 is 15.3 Å². The minimum atomic E-state index is -0.414. The van der Waals surface area contributed by atoms with Crippen LogP contribution in [-0.4, -0.2) is 48.2 Å². The van der Waals surface area contributed by atoms with E-state index in [1.165, 1.54) is 0 Å². The summed E-state index contributed by atoms with van der Waals surface area (Å²) in [7, 11) is 1.76. The van der Waals surface area contributed by atoms with E-state index < -0.39 is 6.10 Å². The van der Waals surface area contributed by atoms with E-state index in [1.54, 1.807) is 18.9 Å². The van der Waals surface area contributed by atoms with Crippen LogP contribution in [0.15, 0.2) is 0 Å². The van der Waals surface area contributed by atoms with Crippen molar-refractivity contribution in [2.75, 3.05) is 20.1 Å². The molecular weight excluding hydrogens is 168 g/mol. The molecule has 0 saturated carbocycles. The molecule has 76 valence electrons. The van der Waals surface area contributed by atoms with E-state index in [2.05, 4.69) is 5.32 Å². The fourth-order valence-electron chi connectivity index (χ4n) is 1.86. The van der Waals surface area contributed by atoms with Crippen LogP contribution >= 0.6 is 0 Å². The summed E-state index contributed by atoms with van der Waals surface area (Å²) in [6.45, 7) is 2.90. The second kappa shape index (κ2) is 4.58. The molecule has 1 amide bonds. The number of hydrogen-bond donors (Lipinski definition) is 2. The maximum Gasteiger partial charge on any atom is 0.236 e. The third kappa shape index (κ3) is 2.42. The number of carbonyl (C=O) groups excluding carboxylic acids is 1. The first-order valence-corrected chi connectivity index (χ1v) is 4.79. The molecule has 0 aromatic heterocycles. The molecule has 0 spiro atoms. The Morgan fingerprint density at radius 2 is 2.46 bits per heavy atom. The van der Waals surface area contributed by atoms with E-state index in [1.807, 2.05) is 0 Å². The lowest BCUT2D eigenvalue weighted by Crippen LogP contribution is -2.44. The number of hydrogen-bond acceptors (Lipinski definition) is 3. The van der Waals surface area contributed by atoms with Crippen LogP contribution in [0.2, 0.25) is 0 Å². The predicted octanol–water partition coefficient (Wildman–Crippen LogP) is -0.422. The first-order chi connectivity index (χ1) is 6.16. The lowest BCUT2D eigenvalue weighted by molar-refractivity contribution is -0.132. The van der Waals surface area contributed by atoms with Crippen molar-refractivity contribution < 1.29 is 9.90 Å². The van der Waals surface area contributed by atoms with E-state index >= 15 is 0 Å². The third-order valence-corrected chi connectivity index (χ3v) is 2.50. The van der Waals surface area contributed by atoms with Crippen LogP contribution in [0, 0.1) is 0 Å². The molecule has 2 N–H and O–H groups in total. The molecule has 0 aromatic carbocycles. The second-order valence-electron chi connectivity index (χ2n) is 3.57. The van der Waals surface area contributed by atoms with Gasteiger partial charge in [-0.15, -0.1) is 0 Å². The van der Waals surface area contributed by atoms with Gasteiger partial charge in [0.05, 0.1) is 18.7 Å². The number of amides is 1. The minimum absolute atomic E-state index is 0.0286. The van der Waals surface area contributed by atoms with E-state index in [4.69, 9.17) is 0 Å². The van der Waals surface area contributed by atoms with Gasteiger partial charge in [-0.05, 0) is 26.8 Å². The van der Waals surface area contributed by atoms with Crippen molar-refractivity contribution in [1.82, 2.24) is 10.2 Å². The van der Waals surface area contributed by atoms with Gasteiger partial charge in [-0.2, -0.15) is 0 Å². The van der Waals surface area contributed by atoms with Gasteiger partial charge in [-0.25, -0.2) is 0 Å². The standard InChI is InChI=1S/C9H18N2O2/c1-7(12)8-4-3-5-11(8)9(13)6-10-2/h7-8,10,12H,3-6H2,1-2H3/t7-,8+/m0/s1. The van der Waals surface area contributed by atoms with Gasteiger partial charge in [-0.1, -0.05) is 0 Å². The highest BCUT2D eigenvalue weighted by Crippen LogP contribution is 2.19. The van der Waals surface area contributed by atoms with Crippen molar-refractivity contribution in [2.24, 2.45) is 0 Å². The number of carbonyl (C=O) groups is 1. The number of likely N-dealkylation sites (tertiary alicyclic amines) is 1. The highest BCUT2D eigenvalue weighted by molar-refractivity contribution is 5.78. The molecule has 0 aromatic rings. The average molecular weight is 186 g/mol. The minimum Gasteiger partial charge on any atom is -0.391 e. The van der Waals surface area contributed by atoms with E-state index in [0.717, 1.165) is 19.4 Å². The quantitative estimate of drug-likeness (QED) is 0.629. The smallest absolute Gasteiger partial charge is 0.236 e. The summed E-state index contributed by atoms with van der Waals surface area (Å²) >= 11 is 0. The molecule has 1 fully saturated rings. The van der Waals surface area contributed by atoms with Crippen molar-refractivity contribution >= 4 is 5.91 Å². The molecule has 4 heteroatoms. The number of aliphatic hydroxyl groups is 1. The highest BCUT2D eigenvalue weighted by Gasteiger charge is 2.31. The highest BCUT2D eigenvalue weighted by atomic mass is 16.3. The molecule has 0 radical (unpaired) electrons. The van der Waals surface area contributed by atoms with Crippen LogP contribution in [-0.2, 0) is 4.79 Å². The molecule has 1 heterocycles. The number of nitrogens with zero attached hydrogens (tertiary/aromatic N) is 1. The van der Waals surface area contributed by atoms with Gasteiger partial charge in [0.1, 0.15) is 0 Å². The molecule has 4 nitrogen and oxygen atoms in total. The van der Waals surface area contributed by atoms with Crippen LogP contribution in [0.4, 0.5) is 0 Å². The van der Waals surface area contributed by atoms with Crippen molar-refractivity contribution in [1.29, 1.82) is 0 Å². The Balaban J connectivity index is 2.52. The Kier molecular flexibility index (Phi) is 3.69. The molecule has 1 saturated heterocycles. The van der Waals surface area contributed by atoms with E-state index in [9.17, 15) is 9.90 Å². The first-order valence-electron chi connectivity index (χ1n) is 4.79.